The number of hydrogen-bond donors (Lipinski definition) is 1. The maximum Gasteiger partial charge on any atom is 0.348 e. The van der Waals surface area contributed by atoms with Gasteiger partial charge in [0, 0.05) is 12.1 Å². The highest BCUT2D eigenvalue weighted by Gasteiger charge is 2.45. The topological polar surface area (TPSA) is 86.7 Å². The first-order valence-corrected chi connectivity index (χ1v) is 13.3. The molecule has 2 atom stereocenters. The number of esters is 1. The van der Waals surface area contributed by atoms with Crippen molar-refractivity contribution >= 4 is 5.97 Å². The monoisotopic (exact) mass is 511 g/mol. The third kappa shape index (κ3) is 5.93. The summed E-state index contributed by atoms with van der Waals surface area (Å²) < 4.78 is 28.2. The van der Waals surface area contributed by atoms with E-state index in [9.17, 15) is 9.90 Å². The summed E-state index contributed by atoms with van der Waals surface area (Å²) in [6.07, 6.45) is 4.32. The molecule has 0 spiro atoms. The summed E-state index contributed by atoms with van der Waals surface area (Å²) in [4.78, 5) is 16.0. The van der Waals surface area contributed by atoms with Crippen LogP contribution in [0.25, 0.3) is 0 Å². The zero-order chi connectivity index (χ0) is 25.7. The van der Waals surface area contributed by atoms with Gasteiger partial charge in [-0.05, 0) is 80.9 Å². The maximum absolute atomic E-state index is 13.7. The zero-order valence-electron chi connectivity index (χ0n) is 21.5. The third-order valence-electron chi connectivity index (χ3n) is 7.70. The molecule has 6 rings (SSSR count). The van der Waals surface area contributed by atoms with Gasteiger partial charge in [-0.1, -0.05) is 24.3 Å². The first-order valence-electron chi connectivity index (χ1n) is 13.3. The summed E-state index contributed by atoms with van der Waals surface area (Å²) in [5.74, 6) is 0.907. The van der Waals surface area contributed by atoms with E-state index in [0.717, 1.165) is 51.7 Å². The second-order valence-electron chi connectivity index (χ2n) is 10.1. The van der Waals surface area contributed by atoms with Gasteiger partial charge in [-0.2, -0.15) is 0 Å². The van der Waals surface area contributed by atoms with Gasteiger partial charge in [0.1, 0.15) is 17.6 Å². The van der Waals surface area contributed by atoms with Crippen LogP contribution >= 0.6 is 0 Å². The highest BCUT2D eigenvalue weighted by atomic mass is 16.7. The van der Waals surface area contributed by atoms with Crippen LogP contribution in [0.2, 0.25) is 0 Å². The minimum absolute atomic E-state index is 0.106. The molecule has 2 aromatic carbocycles. The molecule has 2 bridgehead atoms. The van der Waals surface area contributed by atoms with Crippen LogP contribution in [-0.4, -0.2) is 74.9 Å². The van der Waals surface area contributed by atoms with E-state index in [-0.39, 0.29) is 12.4 Å². The van der Waals surface area contributed by atoms with Gasteiger partial charge >= 0.3 is 5.97 Å². The number of benzene rings is 2. The van der Waals surface area contributed by atoms with Crippen molar-refractivity contribution in [2.75, 3.05) is 46.6 Å². The number of unbranched alkanes of at least 4 members (excludes halogenated alkanes) is 1. The fraction of sp³-hybridized carbons (Fsp3) is 0.552. The number of fused-ring (bicyclic) bond motifs is 3. The Hall–Kier alpha value is -2.65. The van der Waals surface area contributed by atoms with Gasteiger partial charge < -0.3 is 28.8 Å². The average molecular weight is 512 g/mol. The lowest BCUT2D eigenvalue weighted by Gasteiger charge is -2.44. The molecular weight excluding hydrogens is 474 g/mol. The van der Waals surface area contributed by atoms with Crippen LogP contribution in [-0.2, 0) is 24.6 Å². The lowest BCUT2D eigenvalue weighted by molar-refractivity contribution is -0.177. The van der Waals surface area contributed by atoms with Crippen LogP contribution in [0.3, 0.4) is 0 Å². The summed E-state index contributed by atoms with van der Waals surface area (Å²) >= 11 is 0. The minimum Gasteiger partial charge on any atom is -0.497 e. The van der Waals surface area contributed by atoms with Crippen LogP contribution in [0.15, 0.2) is 48.5 Å². The average Bonchev–Trinajstić information content (AvgIpc) is 3.47. The van der Waals surface area contributed by atoms with Gasteiger partial charge in [-0.25, -0.2) is 4.79 Å². The Balaban J connectivity index is 1.31. The number of carbonyl (C=O) groups excluding carboxylic acids is 1. The van der Waals surface area contributed by atoms with Crippen LogP contribution in [0, 0.1) is 5.92 Å². The molecule has 0 aromatic heterocycles. The summed E-state index contributed by atoms with van der Waals surface area (Å²) in [5.41, 5.74) is -1.14. The highest BCUT2D eigenvalue weighted by molar-refractivity contribution is 5.85. The van der Waals surface area contributed by atoms with Crippen molar-refractivity contribution in [3.63, 3.8) is 0 Å². The molecule has 4 saturated heterocycles. The molecule has 200 valence electrons. The van der Waals surface area contributed by atoms with Crippen molar-refractivity contribution in [1.82, 2.24) is 4.90 Å². The van der Waals surface area contributed by atoms with Gasteiger partial charge in [-0.15, -0.1) is 0 Å². The fourth-order valence-corrected chi connectivity index (χ4v) is 5.49. The van der Waals surface area contributed by atoms with E-state index in [1.54, 1.807) is 49.6 Å². The largest absolute Gasteiger partial charge is 0.497 e. The molecular formula is C29H37NO7. The van der Waals surface area contributed by atoms with E-state index >= 15 is 0 Å². The van der Waals surface area contributed by atoms with E-state index in [2.05, 4.69) is 4.90 Å². The maximum atomic E-state index is 13.7. The van der Waals surface area contributed by atoms with E-state index in [0.29, 0.717) is 48.4 Å². The highest BCUT2D eigenvalue weighted by Crippen LogP contribution is 2.37. The Morgan fingerprint density at radius 3 is 2.46 bits per heavy atom. The summed E-state index contributed by atoms with van der Waals surface area (Å²) in [5, 5.41) is 12.0. The Labute approximate surface area is 218 Å². The standard InChI is InChI=1S/C29H37NO7/c1-33-24-10-8-22(9-11-24)29(32,28(31)37-26-20-30-14-12-21(26)13-15-30)23-5-4-6-25(19-23)34-16-3-2-7-27-35-17-18-36-27/h4-6,8-11,19,21,26-27,32H,2-3,7,12-18,20H2,1H3. The van der Waals surface area contributed by atoms with Crippen molar-refractivity contribution in [1.29, 1.82) is 0 Å². The Bertz CT molecular complexity index is 1030. The molecule has 2 unspecified atom stereocenters. The molecule has 0 amide bonds. The Morgan fingerprint density at radius 1 is 1.03 bits per heavy atom. The molecule has 8 heteroatoms. The first-order chi connectivity index (χ1) is 18.1. The molecule has 4 heterocycles. The number of rotatable bonds is 11. The van der Waals surface area contributed by atoms with Gasteiger partial charge in [-0.3, -0.25) is 4.90 Å². The molecule has 8 nitrogen and oxygen atoms in total. The molecule has 4 aliphatic rings. The van der Waals surface area contributed by atoms with Gasteiger partial charge in [0.15, 0.2) is 6.29 Å². The number of piperidine rings is 3. The Kier molecular flexibility index (Phi) is 8.30. The predicted octanol–water partition coefficient (Wildman–Crippen LogP) is 3.49. The van der Waals surface area contributed by atoms with Crippen molar-refractivity contribution in [3.8, 4) is 11.5 Å². The molecule has 4 aliphatic heterocycles. The molecule has 0 saturated carbocycles. The SMILES string of the molecule is COc1ccc(C(O)(C(=O)OC2CN3CCC2CC3)c2cccc(OCCCCC3OCCO3)c2)cc1. The number of hydrogen-bond acceptors (Lipinski definition) is 8. The second kappa shape index (κ2) is 11.8. The normalized spacial score (nSPS) is 25.0. The van der Waals surface area contributed by atoms with E-state index in [4.69, 9.17) is 23.7 Å². The summed E-state index contributed by atoms with van der Waals surface area (Å²) in [7, 11) is 1.58. The van der Waals surface area contributed by atoms with E-state index in [1.807, 2.05) is 6.07 Å². The van der Waals surface area contributed by atoms with Crippen molar-refractivity contribution < 1.29 is 33.6 Å². The predicted molar refractivity (Wildman–Crippen MR) is 137 cm³/mol. The van der Waals surface area contributed by atoms with Gasteiger partial charge in [0.05, 0.1) is 26.9 Å². The van der Waals surface area contributed by atoms with Gasteiger partial charge in [0.25, 0.3) is 0 Å². The van der Waals surface area contributed by atoms with Crippen LogP contribution < -0.4 is 9.47 Å². The van der Waals surface area contributed by atoms with Crippen LogP contribution in [0.5, 0.6) is 11.5 Å². The Morgan fingerprint density at radius 2 is 1.78 bits per heavy atom. The molecule has 0 aliphatic carbocycles. The number of ether oxygens (including phenoxy) is 5. The quantitative estimate of drug-likeness (QED) is 0.363. The summed E-state index contributed by atoms with van der Waals surface area (Å²) in [6, 6.07) is 14.0. The molecule has 1 N–H and O–H groups in total. The van der Waals surface area contributed by atoms with E-state index < -0.39 is 11.6 Å². The lowest BCUT2D eigenvalue weighted by atomic mass is 9.84. The van der Waals surface area contributed by atoms with Crippen LogP contribution in [0.4, 0.5) is 0 Å². The van der Waals surface area contributed by atoms with E-state index in [1.165, 1.54) is 0 Å². The first kappa shape index (κ1) is 26.0. The smallest absolute Gasteiger partial charge is 0.348 e. The van der Waals surface area contributed by atoms with Crippen LogP contribution in [0.1, 0.15) is 43.2 Å². The van der Waals surface area contributed by atoms with Crippen molar-refractivity contribution in [3.05, 3.63) is 59.7 Å². The fourth-order valence-electron chi connectivity index (χ4n) is 5.49. The third-order valence-corrected chi connectivity index (χ3v) is 7.70. The molecule has 0 radical (unpaired) electrons. The second-order valence-corrected chi connectivity index (χ2v) is 10.1. The number of nitrogens with zero attached hydrogens (tertiary/aromatic N) is 1. The number of methoxy groups -OCH3 is 1. The minimum atomic E-state index is -1.98. The van der Waals surface area contributed by atoms with Gasteiger partial charge in [0.2, 0.25) is 5.60 Å². The number of carbonyl (C=O) groups is 1. The number of aliphatic hydroxyl groups is 1. The van der Waals surface area contributed by atoms with Crippen molar-refractivity contribution in [2.45, 2.75) is 50.1 Å². The zero-order valence-corrected chi connectivity index (χ0v) is 21.5. The molecule has 4 fully saturated rings. The summed E-state index contributed by atoms with van der Waals surface area (Å²) in [6.45, 7) is 4.64. The van der Waals surface area contributed by atoms with Crippen molar-refractivity contribution in [2.24, 2.45) is 5.92 Å². The lowest BCUT2D eigenvalue weighted by Crippen LogP contribution is -2.53. The molecule has 37 heavy (non-hydrogen) atoms. The molecule has 2 aromatic rings.